The number of hydrogen-bond donors (Lipinski definition) is 1. The Labute approximate surface area is 119 Å². The highest BCUT2D eigenvalue weighted by atomic mass is 32.2. The van der Waals surface area contributed by atoms with Crippen LogP contribution >= 0.6 is 11.8 Å². The van der Waals surface area contributed by atoms with Gasteiger partial charge in [-0.25, -0.2) is 4.98 Å². The molecular formula is C14H21N3OS. The first kappa shape index (κ1) is 14.4. The van der Waals surface area contributed by atoms with Gasteiger partial charge in [-0.1, -0.05) is 18.7 Å². The molecule has 5 heteroatoms. The van der Waals surface area contributed by atoms with Crippen molar-refractivity contribution in [3.63, 3.8) is 0 Å². The van der Waals surface area contributed by atoms with Crippen LogP contribution in [-0.2, 0) is 0 Å². The van der Waals surface area contributed by atoms with Gasteiger partial charge in [-0.05, 0) is 39.0 Å². The predicted molar refractivity (Wildman–Crippen MR) is 76.0 cm³/mol. The summed E-state index contributed by atoms with van der Waals surface area (Å²) in [5, 5.41) is 13.6. The molecule has 1 aliphatic carbocycles. The predicted octanol–water partition coefficient (Wildman–Crippen LogP) is 3.28. The Morgan fingerprint density at radius 1 is 1.63 bits per heavy atom. The minimum atomic E-state index is -0.339. The Bertz CT molecular complexity index is 450. The van der Waals surface area contributed by atoms with Crippen molar-refractivity contribution in [1.82, 2.24) is 10.3 Å². The molecule has 4 nitrogen and oxygen atoms in total. The molecule has 1 fully saturated rings. The van der Waals surface area contributed by atoms with Crippen LogP contribution < -0.4 is 5.32 Å². The number of oxazole rings is 1. The van der Waals surface area contributed by atoms with Crippen LogP contribution in [0.4, 0.5) is 0 Å². The van der Waals surface area contributed by atoms with Crippen molar-refractivity contribution in [3.8, 4) is 6.07 Å². The number of rotatable bonds is 8. The van der Waals surface area contributed by atoms with Crippen LogP contribution in [0.2, 0.25) is 0 Å². The van der Waals surface area contributed by atoms with Crippen molar-refractivity contribution in [2.45, 2.75) is 62.8 Å². The zero-order chi connectivity index (χ0) is 13.7. The molecule has 1 heterocycles. The van der Waals surface area contributed by atoms with E-state index in [-0.39, 0.29) is 5.54 Å². The quantitative estimate of drug-likeness (QED) is 0.584. The van der Waals surface area contributed by atoms with Crippen LogP contribution in [0.5, 0.6) is 0 Å². The van der Waals surface area contributed by atoms with Gasteiger partial charge in [0.2, 0.25) is 0 Å². The number of nitrogens with one attached hydrogen (secondary N) is 1. The van der Waals surface area contributed by atoms with Crippen LogP contribution in [0.15, 0.2) is 15.9 Å². The van der Waals surface area contributed by atoms with Crippen LogP contribution in [0.25, 0.3) is 0 Å². The molecule has 1 aromatic heterocycles. The molecule has 0 spiro atoms. The Hall–Kier alpha value is -0.990. The maximum atomic E-state index is 9.42. The number of thioether (sulfide) groups is 1. The second-order valence-corrected chi connectivity index (χ2v) is 6.22. The van der Waals surface area contributed by atoms with E-state index in [4.69, 9.17) is 4.42 Å². The number of aryl methyl sites for hydroxylation is 1. The monoisotopic (exact) mass is 279 g/mol. The maximum Gasteiger partial charge on any atom is 0.255 e. The third-order valence-corrected chi connectivity index (χ3v) is 4.37. The van der Waals surface area contributed by atoms with Gasteiger partial charge in [-0.2, -0.15) is 5.26 Å². The van der Waals surface area contributed by atoms with E-state index in [1.54, 1.807) is 18.0 Å². The normalized spacial score (nSPS) is 17.9. The number of nitrogens with zero attached hydrogens (tertiary/aromatic N) is 2. The van der Waals surface area contributed by atoms with Gasteiger partial charge in [0.15, 0.2) is 0 Å². The number of aromatic nitrogens is 1. The molecule has 0 saturated heterocycles. The summed E-state index contributed by atoms with van der Waals surface area (Å²) in [5.41, 5.74) is 0.576. The van der Waals surface area contributed by atoms with Crippen LogP contribution in [0.1, 0.15) is 44.7 Å². The van der Waals surface area contributed by atoms with E-state index in [1.807, 2.05) is 6.92 Å². The SMILES string of the molecule is CCC(C#N)(CCCSc1nc(C)co1)NC1CC1. The Morgan fingerprint density at radius 2 is 2.42 bits per heavy atom. The molecule has 104 valence electrons. The minimum absolute atomic E-state index is 0.339. The van der Waals surface area contributed by atoms with Gasteiger partial charge in [0.25, 0.3) is 5.22 Å². The van der Waals surface area contributed by atoms with E-state index in [2.05, 4.69) is 23.3 Å². The first-order valence-corrected chi connectivity index (χ1v) is 7.90. The molecule has 0 amide bonds. The van der Waals surface area contributed by atoms with E-state index < -0.39 is 0 Å². The highest BCUT2D eigenvalue weighted by molar-refractivity contribution is 7.99. The van der Waals surface area contributed by atoms with Gasteiger partial charge in [0.05, 0.1) is 11.8 Å². The van der Waals surface area contributed by atoms with Crippen LogP contribution in [-0.4, -0.2) is 22.3 Å². The van der Waals surface area contributed by atoms with Crippen molar-refractivity contribution < 1.29 is 4.42 Å². The largest absolute Gasteiger partial charge is 0.440 e. The lowest BCUT2D eigenvalue weighted by Gasteiger charge is -2.26. The fourth-order valence-corrected chi connectivity index (χ4v) is 2.86. The lowest BCUT2D eigenvalue weighted by Crippen LogP contribution is -2.44. The Balaban J connectivity index is 1.74. The average Bonchev–Trinajstić information content (AvgIpc) is 3.14. The fraction of sp³-hybridized carbons (Fsp3) is 0.714. The minimum Gasteiger partial charge on any atom is -0.440 e. The standard InChI is InChI=1S/C14H21N3OS/c1-3-14(10-15,17-12-5-6-12)7-4-8-19-13-16-11(2)9-18-13/h9,12,17H,3-8H2,1-2H3. The molecule has 0 aliphatic heterocycles. The second kappa shape index (κ2) is 6.44. The first-order chi connectivity index (χ1) is 9.17. The van der Waals surface area contributed by atoms with E-state index in [0.717, 1.165) is 35.9 Å². The lowest BCUT2D eigenvalue weighted by molar-refractivity contribution is 0.367. The van der Waals surface area contributed by atoms with Gasteiger partial charge in [0.1, 0.15) is 11.8 Å². The first-order valence-electron chi connectivity index (χ1n) is 6.91. The zero-order valence-electron chi connectivity index (χ0n) is 11.6. The smallest absolute Gasteiger partial charge is 0.255 e. The summed E-state index contributed by atoms with van der Waals surface area (Å²) in [4.78, 5) is 4.26. The summed E-state index contributed by atoms with van der Waals surface area (Å²) in [6.45, 7) is 4.01. The third kappa shape index (κ3) is 4.26. The van der Waals surface area contributed by atoms with E-state index in [9.17, 15) is 5.26 Å². The molecule has 1 unspecified atom stereocenters. The molecule has 1 atom stereocenters. The summed E-state index contributed by atoms with van der Waals surface area (Å²) in [5.74, 6) is 0.940. The van der Waals surface area contributed by atoms with Crippen molar-refractivity contribution >= 4 is 11.8 Å². The van der Waals surface area contributed by atoms with E-state index >= 15 is 0 Å². The summed E-state index contributed by atoms with van der Waals surface area (Å²) in [6.07, 6.45) is 6.85. The molecule has 0 aromatic carbocycles. The van der Waals surface area contributed by atoms with E-state index in [1.165, 1.54) is 12.8 Å². The molecule has 19 heavy (non-hydrogen) atoms. The van der Waals surface area contributed by atoms with Crippen molar-refractivity contribution in [2.24, 2.45) is 0 Å². The molecule has 1 N–H and O–H groups in total. The number of hydrogen-bond acceptors (Lipinski definition) is 5. The topological polar surface area (TPSA) is 61.9 Å². The molecular weight excluding hydrogens is 258 g/mol. The molecule has 1 saturated carbocycles. The summed E-state index contributed by atoms with van der Waals surface area (Å²) >= 11 is 1.62. The van der Waals surface area contributed by atoms with Crippen LogP contribution in [0.3, 0.4) is 0 Å². The van der Waals surface area contributed by atoms with Gasteiger partial charge in [-0.15, -0.1) is 0 Å². The van der Waals surface area contributed by atoms with Crippen molar-refractivity contribution in [3.05, 3.63) is 12.0 Å². The highest BCUT2D eigenvalue weighted by Crippen LogP contribution is 2.28. The summed E-state index contributed by atoms with van der Waals surface area (Å²) in [6, 6.07) is 3.05. The van der Waals surface area contributed by atoms with Gasteiger partial charge >= 0.3 is 0 Å². The number of nitriles is 1. The Morgan fingerprint density at radius 3 is 2.95 bits per heavy atom. The molecule has 2 rings (SSSR count). The van der Waals surface area contributed by atoms with E-state index in [0.29, 0.717) is 6.04 Å². The van der Waals surface area contributed by atoms with Crippen molar-refractivity contribution in [2.75, 3.05) is 5.75 Å². The highest BCUT2D eigenvalue weighted by Gasteiger charge is 2.34. The fourth-order valence-electron chi connectivity index (χ4n) is 2.07. The summed E-state index contributed by atoms with van der Waals surface area (Å²) in [7, 11) is 0. The van der Waals surface area contributed by atoms with Gasteiger partial charge in [-0.3, -0.25) is 5.32 Å². The summed E-state index contributed by atoms with van der Waals surface area (Å²) < 4.78 is 5.29. The molecule has 1 aromatic rings. The molecule has 0 radical (unpaired) electrons. The van der Waals surface area contributed by atoms with Crippen LogP contribution in [0, 0.1) is 18.3 Å². The maximum absolute atomic E-state index is 9.42. The zero-order valence-corrected chi connectivity index (χ0v) is 12.4. The third-order valence-electron chi connectivity index (χ3n) is 3.45. The van der Waals surface area contributed by atoms with Gasteiger partial charge < -0.3 is 4.42 Å². The molecule has 1 aliphatic rings. The lowest BCUT2D eigenvalue weighted by atomic mass is 9.92. The second-order valence-electron chi connectivity index (χ2n) is 5.17. The average molecular weight is 279 g/mol. The molecule has 0 bridgehead atoms. The Kier molecular flexibility index (Phi) is 4.89. The van der Waals surface area contributed by atoms with Gasteiger partial charge in [0, 0.05) is 11.8 Å². The van der Waals surface area contributed by atoms with Crippen molar-refractivity contribution in [1.29, 1.82) is 5.26 Å².